The number of hydrogen-bond donors (Lipinski definition) is 2. The maximum absolute atomic E-state index is 14.1. The third-order valence-electron chi connectivity index (χ3n) is 7.06. The Bertz CT molecular complexity index is 2000. The Kier molecular flexibility index (Phi) is 7.20. The van der Waals surface area contributed by atoms with E-state index in [9.17, 15) is 19.2 Å². The van der Waals surface area contributed by atoms with Gasteiger partial charge in [0.2, 0.25) is 17.6 Å². The molecule has 4 rings (SSSR count). The summed E-state index contributed by atoms with van der Waals surface area (Å²) in [7, 11) is -5.88. The van der Waals surface area contributed by atoms with Crippen LogP contribution in [0.1, 0.15) is 50.6 Å². The molecule has 0 saturated heterocycles. The van der Waals surface area contributed by atoms with Crippen LogP contribution < -0.4 is 29.6 Å². The van der Waals surface area contributed by atoms with E-state index in [0.29, 0.717) is 0 Å². The van der Waals surface area contributed by atoms with E-state index in [1.165, 1.54) is 33.3 Å². The fraction of sp³-hybridized carbons (Fsp3) is 0.312. The number of aryl methyl sites for hydroxylation is 2. The van der Waals surface area contributed by atoms with Crippen LogP contribution in [0.2, 0.25) is 0 Å². The van der Waals surface area contributed by atoms with Gasteiger partial charge in [-0.05, 0) is 71.2 Å². The quantitative estimate of drug-likeness (QED) is 0.280. The van der Waals surface area contributed by atoms with Gasteiger partial charge in [-0.1, -0.05) is 6.07 Å². The SMILES string of the molecule is [2H]C([2H])([2H])Oc1cc(C(=O)Nc2cc3c(cc2Oc2cc(C)cc(C)c2)C(=O)N(C)[C@@H](CC(=O)N(C)OC)C(=O)N3)c(Br)c(OC([2H])([2H])[2H])c1OC([2H])([2H])[2H]. The molecule has 1 atom stereocenters. The van der Waals surface area contributed by atoms with Gasteiger partial charge in [0, 0.05) is 14.1 Å². The number of anilines is 2. The Hall–Kier alpha value is -4.82. The Morgan fingerprint density at radius 3 is 2.33 bits per heavy atom. The minimum Gasteiger partial charge on any atom is -0.493 e. The molecule has 0 radical (unpaired) electrons. The van der Waals surface area contributed by atoms with Gasteiger partial charge in [-0.15, -0.1) is 0 Å². The van der Waals surface area contributed by atoms with Crippen molar-refractivity contribution in [1.29, 1.82) is 0 Å². The zero-order chi connectivity index (χ0) is 41.4. The number of carbonyl (C=O) groups excluding carboxylic acids is 4. The highest BCUT2D eigenvalue weighted by Crippen LogP contribution is 2.45. The van der Waals surface area contributed by atoms with Crippen LogP contribution in [0.4, 0.5) is 11.4 Å². The molecule has 2 N–H and O–H groups in total. The molecule has 3 aromatic carbocycles. The van der Waals surface area contributed by atoms with Crippen LogP contribution in [-0.4, -0.2) is 82.0 Å². The summed E-state index contributed by atoms with van der Waals surface area (Å²) in [5.41, 5.74) is 0.719. The third-order valence-corrected chi connectivity index (χ3v) is 7.85. The maximum atomic E-state index is 14.1. The molecule has 13 nitrogen and oxygen atoms in total. The minimum absolute atomic E-state index is 0.0858. The predicted molar refractivity (Wildman–Crippen MR) is 173 cm³/mol. The van der Waals surface area contributed by atoms with Gasteiger partial charge in [-0.2, -0.15) is 0 Å². The first-order chi connectivity index (χ1) is 25.3. The van der Waals surface area contributed by atoms with Crippen LogP contribution in [0.25, 0.3) is 0 Å². The minimum atomic E-state index is -3.27. The number of rotatable bonds is 10. The van der Waals surface area contributed by atoms with Gasteiger partial charge in [0.1, 0.15) is 11.8 Å². The monoisotopic (exact) mass is 707 g/mol. The van der Waals surface area contributed by atoms with E-state index in [1.54, 1.807) is 12.1 Å². The normalized spacial score (nSPS) is 17.8. The number of hydrogen-bond acceptors (Lipinski definition) is 9. The van der Waals surface area contributed by atoms with Crippen LogP contribution in [-0.2, 0) is 14.4 Å². The second-order valence-corrected chi connectivity index (χ2v) is 11.0. The standard InChI is InChI=1S/C32H35BrN4O9/c1-16-9-17(2)11-18(10-16)46-24-12-19-21(34-31(40)23(36(3)32(19)41)15-26(38)37(4)45-8)14-22(24)35-30(39)20-13-25(42-5)28(43-6)29(44-7)27(20)33/h9-14,23H,15H2,1-8H3,(H,34,40)(H,35,39)/t23-/m0/s1/i5D3,6D3,7D3. The molecule has 1 aliphatic rings. The zero-order valence-corrected chi connectivity index (χ0v) is 26.8. The topological polar surface area (TPSA) is 145 Å². The number of nitrogens with zero attached hydrogens (tertiary/aromatic N) is 2. The average Bonchev–Trinajstić information content (AvgIpc) is 3.11. The van der Waals surface area contributed by atoms with Crippen molar-refractivity contribution in [3.63, 3.8) is 0 Å². The van der Waals surface area contributed by atoms with Crippen LogP contribution in [0.5, 0.6) is 28.7 Å². The molecule has 0 spiro atoms. The fourth-order valence-corrected chi connectivity index (χ4v) is 5.28. The van der Waals surface area contributed by atoms with Crippen molar-refractivity contribution in [3.8, 4) is 28.7 Å². The van der Waals surface area contributed by atoms with E-state index >= 15 is 0 Å². The Balaban J connectivity index is 1.90. The van der Waals surface area contributed by atoms with E-state index in [4.69, 9.17) is 36.1 Å². The van der Waals surface area contributed by atoms with Gasteiger partial charge in [-0.3, -0.25) is 24.0 Å². The van der Waals surface area contributed by atoms with Crippen LogP contribution >= 0.6 is 15.9 Å². The van der Waals surface area contributed by atoms with Gasteiger partial charge < -0.3 is 34.5 Å². The predicted octanol–water partition coefficient (Wildman–Crippen LogP) is 4.94. The molecule has 46 heavy (non-hydrogen) atoms. The second kappa shape index (κ2) is 14.1. The summed E-state index contributed by atoms with van der Waals surface area (Å²) in [6.45, 7) is 3.62. The van der Waals surface area contributed by atoms with Crippen molar-refractivity contribution in [2.75, 3.05) is 53.0 Å². The molecule has 14 heteroatoms. The molecule has 0 aliphatic carbocycles. The zero-order valence-electron chi connectivity index (χ0n) is 34.2. The molecule has 0 bridgehead atoms. The number of hydroxylamine groups is 2. The highest BCUT2D eigenvalue weighted by atomic mass is 79.9. The van der Waals surface area contributed by atoms with Gasteiger partial charge in [0.25, 0.3) is 11.8 Å². The molecule has 0 unspecified atom stereocenters. The molecule has 0 saturated carbocycles. The fourth-order valence-electron chi connectivity index (χ4n) is 4.72. The largest absolute Gasteiger partial charge is 0.493 e. The molecule has 4 amide bonds. The lowest BCUT2D eigenvalue weighted by Crippen LogP contribution is -2.45. The number of likely N-dealkylation sites (N-methyl/N-ethyl adjacent to an activating group) is 1. The van der Waals surface area contributed by atoms with Crippen LogP contribution in [0.15, 0.2) is 40.9 Å². The highest BCUT2D eigenvalue weighted by molar-refractivity contribution is 9.10. The third kappa shape index (κ3) is 6.87. The second-order valence-electron chi connectivity index (χ2n) is 10.2. The summed E-state index contributed by atoms with van der Waals surface area (Å²) in [5.74, 6) is -5.75. The van der Waals surface area contributed by atoms with Crippen molar-refractivity contribution in [2.45, 2.75) is 26.3 Å². The molecule has 3 aromatic rings. The number of amides is 4. The average molecular weight is 709 g/mol. The van der Waals surface area contributed by atoms with E-state index in [1.807, 2.05) is 19.9 Å². The summed E-state index contributed by atoms with van der Waals surface area (Å²) in [6, 6.07) is 7.17. The number of ether oxygens (including phenoxy) is 4. The molecule has 244 valence electrons. The number of halogens is 1. The van der Waals surface area contributed by atoms with Crippen molar-refractivity contribution in [1.82, 2.24) is 9.96 Å². The van der Waals surface area contributed by atoms with Gasteiger partial charge >= 0.3 is 0 Å². The molecule has 1 aliphatic heterocycles. The van der Waals surface area contributed by atoms with E-state index in [-0.39, 0.29) is 28.4 Å². The molecule has 0 aromatic heterocycles. The summed E-state index contributed by atoms with van der Waals surface area (Å²) < 4.78 is 88.9. The number of carbonyl (C=O) groups is 4. The first-order valence-electron chi connectivity index (χ1n) is 17.8. The van der Waals surface area contributed by atoms with Crippen molar-refractivity contribution >= 4 is 50.9 Å². The maximum Gasteiger partial charge on any atom is 0.257 e. The lowest BCUT2D eigenvalue weighted by Gasteiger charge is -2.25. The lowest BCUT2D eigenvalue weighted by molar-refractivity contribution is -0.170. The highest BCUT2D eigenvalue weighted by Gasteiger charge is 2.36. The van der Waals surface area contributed by atoms with Crippen LogP contribution in [0.3, 0.4) is 0 Å². The van der Waals surface area contributed by atoms with E-state index in [0.717, 1.165) is 27.2 Å². The van der Waals surface area contributed by atoms with E-state index < -0.39 is 84.5 Å². The number of methoxy groups -OCH3 is 3. The van der Waals surface area contributed by atoms with Gasteiger partial charge in [0.15, 0.2) is 17.2 Å². The molecule has 0 fully saturated rings. The Morgan fingerprint density at radius 1 is 1.00 bits per heavy atom. The number of nitrogens with one attached hydrogen (secondary N) is 2. The Labute approximate surface area is 287 Å². The molecular formula is C32H35BrN4O9. The summed E-state index contributed by atoms with van der Waals surface area (Å²) in [4.78, 5) is 60.0. The summed E-state index contributed by atoms with van der Waals surface area (Å²) in [6.07, 6.45) is -0.446. The summed E-state index contributed by atoms with van der Waals surface area (Å²) >= 11 is 3.07. The van der Waals surface area contributed by atoms with Crippen molar-refractivity contribution < 1.29 is 55.3 Å². The van der Waals surface area contributed by atoms with Crippen molar-refractivity contribution in [2.24, 2.45) is 0 Å². The Morgan fingerprint density at radius 2 is 1.67 bits per heavy atom. The molecule has 1 heterocycles. The van der Waals surface area contributed by atoms with Crippen molar-refractivity contribution in [3.05, 3.63) is 63.1 Å². The van der Waals surface area contributed by atoms with Gasteiger partial charge in [-0.25, -0.2) is 5.06 Å². The first kappa shape index (κ1) is 23.5. The van der Waals surface area contributed by atoms with E-state index in [2.05, 4.69) is 26.6 Å². The van der Waals surface area contributed by atoms with Gasteiger partial charge in [0.05, 0.1) is 74.0 Å². The molecular weight excluding hydrogens is 664 g/mol. The number of benzene rings is 3. The van der Waals surface area contributed by atoms with Crippen LogP contribution in [0, 0.1) is 13.8 Å². The first-order valence-corrected chi connectivity index (χ1v) is 14.1. The smallest absolute Gasteiger partial charge is 0.257 e. The number of fused-ring (bicyclic) bond motifs is 1. The lowest BCUT2D eigenvalue weighted by atomic mass is 10.1. The summed E-state index contributed by atoms with van der Waals surface area (Å²) in [5, 5.41) is 6.05.